The monoisotopic (exact) mass is 373 g/mol. The number of piperazine rings is 1. The zero-order valence-electron chi connectivity index (χ0n) is 15.0. The van der Waals surface area contributed by atoms with Crippen LogP contribution in [0.25, 0.3) is 0 Å². The number of hydrogen-bond acceptors (Lipinski definition) is 3. The van der Waals surface area contributed by atoms with Crippen molar-refractivity contribution in [2.24, 2.45) is 0 Å². The summed E-state index contributed by atoms with van der Waals surface area (Å²) >= 11 is 0. The molecule has 0 bridgehead atoms. The molecule has 0 saturated carbocycles. The van der Waals surface area contributed by atoms with Crippen molar-refractivity contribution in [1.29, 1.82) is 0 Å². The lowest BCUT2D eigenvalue weighted by Gasteiger charge is -2.34. The fourth-order valence-electron chi connectivity index (χ4n) is 2.96. The molecule has 1 heterocycles. The minimum absolute atomic E-state index is 0.0874. The first-order valence-electron chi connectivity index (χ1n) is 8.71. The van der Waals surface area contributed by atoms with Gasteiger partial charge < -0.3 is 10.2 Å². The van der Waals surface area contributed by atoms with E-state index in [1.807, 2.05) is 31.2 Å². The van der Waals surface area contributed by atoms with Crippen molar-refractivity contribution in [3.8, 4) is 0 Å². The Balaban J connectivity index is 1.51. The lowest BCUT2D eigenvalue weighted by atomic mass is 10.1. The second-order valence-electron chi connectivity index (χ2n) is 6.68. The molecule has 0 aliphatic carbocycles. The molecule has 0 unspecified atom stereocenters. The van der Waals surface area contributed by atoms with E-state index < -0.39 is 11.6 Å². The Morgan fingerprint density at radius 2 is 1.85 bits per heavy atom. The van der Waals surface area contributed by atoms with Gasteiger partial charge in [-0.25, -0.2) is 8.78 Å². The molecule has 7 heteroatoms. The molecule has 27 heavy (non-hydrogen) atoms. The largest absolute Gasteiger partial charge is 0.336 e. The molecule has 142 valence electrons. The third kappa shape index (κ3) is 5.10. The van der Waals surface area contributed by atoms with Crippen LogP contribution in [-0.2, 0) is 16.1 Å². The van der Waals surface area contributed by atoms with Crippen molar-refractivity contribution in [3.05, 3.63) is 65.2 Å². The number of aryl methyl sites for hydroxylation is 1. The third-order valence-electron chi connectivity index (χ3n) is 4.48. The maximum absolute atomic E-state index is 13.8. The van der Waals surface area contributed by atoms with Gasteiger partial charge in [0.1, 0.15) is 11.6 Å². The second-order valence-corrected chi connectivity index (χ2v) is 6.68. The Labute approximate surface area is 156 Å². The van der Waals surface area contributed by atoms with Crippen molar-refractivity contribution < 1.29 is 18.4 Å². The SMILES string of the molecule is Cc1ccc(NC(=O)CN2CCN(Cc3ccc(F)cc3F)C(=O)C2)cc1. The first-order valence-corrected chi connectivity index (χ1v) is 8.71. The highest BCUT2D eigenvalue weighted by Gasteiger charge is 2.26. The van der Waals surface area contributed by atoms with Gasteiger partial charge in [-0.3, -0.25) is 14.5 Å². The van der Waals surface area contributed by atoms with Gasteiger partial charge in [0, 0.05) is 37.0 Å². The summed E-state index contributed by atoms with van der Waals surface area (Å²) in [7, 11) is 0. The predicted octanol–water partition coefficient (Wildman–Crippen LogP) is 2.56. The maximum atomic E-state index is 13.8. The number of rotatable bonds is 5. The van der Waals surface area contributed by atoms with Gasteiger partial charge in [-0.1, -0.05) is 23.8 Å². The molecular weight excluding hydrogens is 352 g/mol. The minimum atomic E-state index is -0.664. The van der Waals surface area contributed by atoms with Gasteiger partial charge in [0.15, 0.2) is 0 Å². The van der Waals surface area contributed by atoms with Crippen LogP contribution in [0.1, 0.15) is 11.1 Å². The summed E-state index contributed by atoms with van der Waals surface area (Å²) in [6, 6.07) is 10.8. The van der Waals surface area contributed by atoms with Gasteiger partial charge in [0.05, 0.1) is 13.1 Å². The Morgan fingerprint density at radius 3 is 2.52 bits per heavy atom. The molecule has 2 amide bonds. The highest BCUT2D eigenvalue weighted by Crippen LogP contribution is 2.15. The van der Waals surface area contributed by atoms with Gasteiger partial charge in [-0.2, -0.15) is 0 Å². The summed E-state index contributed by atoms with van der Waals surface area (Å²) in [5, 5.41) is 2.80. The second kappa shape index (κ2) is 8.26. The van der Waals surface area contributed by atoms with Crippen molar-refractivity contribution in [1.82, 2.24) is 9.80 Å². The van der Waals surface area contributed by atoms with E-state index in [0.717, 1.165) is 11.6 Å². The molecule has 0 radical (unpaired) electrons. The smallest absolute Gasteiger partial charge is 0.238 e. The molecule has 1 saturated heterocycles. The number of amides is 2. The highest BCUT2D eigenvalue weighted by atomic mass is 19.1. The number of nitrogens with zero attached hydrogens (tertiary/aromatic N) is 2. The van der Waals surface area contributed by atoms with Crippen LogP contribution in [0.15, 0.2) is 42.5 Å². The van der Waals surface area contributed by atoms with Gasteiger partial charge in [0.2, 0.25) is 11.8 Å². The Bertz CT molecular complexity index is 840. The average Bonchev–Trinajstić information content (AvgIpc) is 2.61. The fraction of sp³-hybridized carbons (Fsp3) is 0.300. The molecular formula is C20H21F2N3O2. The van der Waals surface area contributed by atoms with Gasteiger partial charge in [-0.05, 0) is 25.1 Å². The van der Waals surface area contributed by atoms with Gasteiger partial charge >= 0.3 is 0 Å². The number of carbonyl (C=O) groups excluding carboxylic acids is 2. The first-order chi connectivity index (χ1) is 12.9. The summed E-state index contributed by atoms with van der Waals surface area (Å²) in [5.41, 5.74) is 2.09. The molecule has 1 fully saturated rings. The normalized spacial score (nSPS) is 15.1. The van der Waals surface area contributed by atoms with E-state index in [1.165, 1.54) is 17.0 Å². The maximum Gasteiger partial charge on any atom is 0.238 e. The number of anilines is 1. The van der Waals surface area contributed by atoms with Gasteiger partial charge in [-0.15, -0.1) is 0 Å². The third-order valence-corrected chi connectivity index (χ3v) is 4.48. The Hall–Kier alpha value is -2.80. The number of halogens is 2. The van der Waals surface area contributed by atoms with Crippen molar-refractivity contribution in [3.63, 3.8) is 0 Å². The van der Waals surface area contributed by atoms with Crippen molar-refractivity contribution in [2.75, 3.05) is 31.5 Å². The fourth-order valence-corrected chi connectivity index (χ4v) is 2.96. The zero-order valence-corrected chi connectivity index (χ0v) is 15.0. The molecule has 2 aromatic rings. The predicted molar refractivity (Wildman–Crippen MR) is 98.0 cm³/mol. The summed E-state index contributed by atoms with van der Waals surface area (Å²) in [5.74, 6) is -1.69. The molecule has 0 atom stereocenters. The van der Waals surface area contributed by atoms with Crippen LogP contribution in [0.2, 0.25) is 0 Å². The average molecular weight is 373 g/mol. The van der Waals surface area contributed by atoms with E-state index in [4.69, 9.17) is 0 Å². The van der Waals surface area contributed by atoms with E-state index in [-0.39, 0.29) is 37.0 Å². The van der Waals surface area contributed by atoms with Crippen LogP contribution in [0, 0.1) is 18.6 Å². The first kappa shape index (κ1) is 19.0. The van der Waals surface area contributed by atoms with Crippen LogP contribution < -0.4 is 5.32 Å². The van der Waals surface area contributed by atoms with Crippen LogP contribution >= 0.6 is 0 Å². The van der Waals surface area contributed by atoms with E-state index in [0.29, 0.717) is 18.8 Å². The summed E-state index contributed by atoms with van der Waals surface area (Å²) in [6.07, 6.45) is 0. The van der Waals surface area contributed by atoms with Crippen LogP contribution in [0.4, 0.5) is 14.5 Å². The molecule has 0 spiro atoms. The molecule has 1 aliphatic heterocycles. The molecule has 0 aromatic heterocycles. The highest BCUT2D eigenvalue weighted by molar-refractivity contribution is 5.92. The quantitative estimate of drug-likeness (QED) is 0.877. The standard InChI is InChI=1S/C20H21F2N3O2/c1-14-2-6-17(7-3-14)23-19(26)12-24-8-9-25(20(27)13-24)11-15-4-5-16(21)10-18(15)22/h2-7,10H,8-9,11-13H2,1H3,(H,23,26). The lowest BCUT2D eigenvalue weighted by Crippen LogP contribution is -2.51. The molecule has 2 aromatic carbocycles. The van der Waals surface area contributed by atoms with Crippen LogP contribution in [-0.4, -0.2) is 47.8 Å². The zero-order chi connectivity index (χ0) is 19.4. The Morgan fingerprint density at radius 1 is 1.11 bits per heavy atom. The van der Waals surface area contributed by atoms with Crippen molar-refractivity contribution in [2.45, 2.75) is 13.5 Å². The van der Waals surface area contributed by atoms with Gasteiger partial charge in [0.25, 0.3) is 0 Å². The molecule has 3 rings (SSSR count). The van der Waals surface area contributed by atoms with Crippen LogP contribution in [0.3, 0.4) is 0 Å². The Kier molecular flexibility index (Phi) is 5.81. The van der Waals surface area contributed by atoms with Crippen molar-refractivity contribution >= 4 is 17.5 Å². The number of benzene rings is 2. The molecule has 5 nitrogen and oxygen atoms in total. The number of nitrogens with one attached hydrogen (secondary N) is 1. The van der Waals surface area contributed by atoms with Crippen LogP contribution in [0.5, 0.6) is 0 Å². The van der Waals surface area contributed by atoms with E-state index in [9.17, 15) is 18.4 Å². The van der Waals surface area contributed by atoms with E-state index >= 15 is 0 Å². The molecule has 1 N–H and O–H groups in total. The summed E-state index contributed by atoms with van der Waals surface area (Å²) < 4.78 is 26.8. The topological polar surface area (TPSA) is 52.7 Å². The van der Waals surface area contributed by atoms with E-state index in [2.05, 4.69) is 5.32 Å². The molecule has 1 aliphatic rings. The summed E-state index contributed by atoms with van der Waals surface area (Å²) in [6.45, 7) is 3.15. The summed E-state index contributed by atoms with van der Waals surface area (Å²) in [4.78, 5) is 27.8. The lowest BCUT2D eigenvalue weighted by molar-refractivity contribution is -0.137. The number of carbonyl (C=O) groups is 2. The van der Waals surface area contributed by atoms with E-state index in [1.54, 1.807) is 4.90 Å². The number of hydrogen-bond donors (Lipinski definition) is 1. The minimum Gasteiger partial charge on any atom is -0.336 e.